The van der Waals surface area contributed by atoms with E-state index in [1.165, 1.54) is 22.5 Å². The Bertz CT molecular complexity index is 562. The van der Waals surface area contributed by atoms with Crippen molar-refractivity contribution < 1.29 is 12.8 Å². The smallest absolute Gasteiger partial charge is 0.246 e. The van der Waals surface area contributed by atoms with Gasteiger partial charge in [0.15, 0.2) is 0 Å². The third kappa shape index (κ3) is 2.73. The molecule has 2 atom stereocenters. The van der Waals surface area contributed by atoms with Crippen LogP contribution in [-0.2, 0) is 10.0 Å². The molecule has 0 amide bonds. The SMILES string of the molecule is CCN(C1CCCC1CN)S(=O)(=O)c1ccccc1F. The Morgan fingerprint density at radius 1 is 1.35 bits per heavy atom. The molecule has 2 unspecified atom stereocenters. The molecule has 6 heteroatoms. The van der Waals surface area contributed by atoms with Gasteiger partial charge in [-0.1, -0.05) is 25.5 Å². The minimum absolute atomic E-state index is 0.116. The van der Waals surface area contributed by atoms with Gasteiger partial charge in [-0.15, -0.1) is 0 Å². The van der Waals surface area contributed by atoms with Gasteiger partial charge in [-0.3, -0.25) is 0 Å². The molecule has 0 spiro atoms. The molecule has 1 saturated carbocycles. The lowest BCUT2D eigenvalue weighted by atomic mass is 10.0. The van der Waals surface area contributed by atoms with Crippen LogP contribution < -0.4 is 5.73 Å². The lowest BCUT2D eigenvalue weighted by Gasteiger charge is -2.31. The lowest BCUT2D eigenvalue weighted by Crippen LogP contribution is -2.44. The van der Waals surface area contributed by atoms with Gasteiger partial charge in [0.2, 0.25) is 10.0 Å². The second kappa shape index (κ2) is 6.20. The van der Waals surface area contributed by atoms with Gasteiger partial charge in [0.25, 0.3) is 0 Å². The fraction of sp³-hybridized carbons (Fsp3) is 0.571. The molecule has 0 heterocycles. The van der Waals surface area contributed by atoms with Crippen molar-refractivity contribution in [3.63, 3.8) is 0 Å². The highest BCUT2D eigenvalue weighted by molar-refractivity contribution is 7.89. The average molecular weight is 300 g/mol. The van der Waals surface area contributed by atoms with Crippen molar-refractivity contribution in [2.45, 2.75) is 37.1 Å². The van der Waals surface area contributed by atoms with E-state index < -0.39 is 15.8 Å². The molecule has 1 fully saturated rings. The minimum Gasteiger partial charge on any atom is -0.330 e. The summed E-state index contributed by atoms with van der Waals surface area (Å²) in [5.41, 5.74) is 5.73. The van der Waals surface area contributed by atoms with Crippen LogP contribution in [0.5, 0.6) is 0 Å². The van der Waals surface area contributed by atoms with Gasteiger partial charge in [-0.25, -0.2) is 12.8 Å². The molecule has 0 radical (unpaired) electrons. The molecule has 2 N–H and O–H groups in total. The van der Waals surface area contributed by atoms with E-state index in [1.807, 2.05) is 0 Å². The van der Waals surface area contributed by atoms with E-state index in [9.17, 15) is 12.8 Å². The van der Waals surface area contributed by atoms with E-state index in [4.69, 9.17) is 5.73 Å². The molecule has 112 valence electrons. The molecule has 0 aromatic heterocycles. The monoisotopic (exact) mass is 300 g/mol. The molecule has 0 aliphatic heterocycles. The first-order chi connectivity index (χ1) is 9.52. The van der Waals surface area contributed by atoms with Crippen LogP contribution >= 0.6 is 0 Å². The standard InChI is InChI=1S/C14H21FN2O2S/c1-2-17(13-8-5-6-11(13)10-16)20(18,19)14-9-4-3-7-12(14)15/h3-4,7,9,11,13H,2,5-6,8,10,16H2,1H3. The molecule has 0 bridgehead atoms. The van der Waals surface area contributed by atoms with Gasteiger partial charge in [-0.2, -0.15) is 4.31 Å². The van der Waals surface area contributed by atoms with Crippen LogP contribution in [0.1, 0.15) is 26.2 Å². The first-order valence-electron chi connectivity index (χ1n) is 6.98. The van der Waals surface area contributed by atoms with Gasteiger partial charge < -0.3 is 5.73 Å². The first kappa shape index (κ1) is 15.4. The van der Waals surface area contributed by atoms with Crippen LogP contribution in [0.4, 0.5) is 4.39 Å². The third-order valence-corrected chi connectivity index (χ3v) is 6.06. The van der Waals surface area contributed by atoms with Crippen molar-refractivity contribution in [2.75, 3.05) is 13.1 Å². The number of hydrogen-bond donors (Lipinski definition) is 1. The molecule has 0 saturated heterocycles. The van der Waals surface area contributed by atoms with Crippen LogP contribution in [0.3, 0.4) is 0 Å². The minimum atomic E-state index is -3.81. The van der Waals surface area contributed by atoms with E-state index in [0.29, 0.717) is 13.1 Å². The number of sulfonamides is 1. The van der Waals surface area contributed by atoms with Crippen molar-refractivity contribution in [3.05, 3.63) is 30.1 Å². The van der Waals surface area contributed by atoms with E-state index in [1.54, 1.807) is 13.0 Å². The molecule has 1 aliphatic carbocycles. The molecule has 20 heavy (non-hydrogen) atoms. The molecular weight excluding hydrogens is 279 g/mol. The van der Waals surface area contributed by atoms with Gasteiger partial charge in [0, 0.05) is 12.6 Å². The van der Waals surface area contributed by atoms with E-state index in [2.05, 4.69) is 0 Å². The van der Waals surface area contributed by atoms with Crippen LogP contribution in [0.25, 0.3) is 0 Å². The summed E-state index contributed by atoms with van der Waals surface area (Å²) in [7, 11) is -3.81. The molecule has 4 nitrogen and oxygen atoms in total. The molecule has 1 aromatic carbocycles. The second-order valence-electron chi connectivity index (χ2n) is 5.13. The molecule has 1 aliphatic rings. The molecule has 1 aromatic rings. The highest BCUT2D eigenvalue weighted by Crippen LogP contribution is 2.33. The normalized spacial score (nSPS) is 23.4. The van der Waals surface area contributed by atoms with Gasteiger partial charge >= 0.3 is 0 Å². The summed E-state index contributed by atoms with van der Waals surface area (Å²) in [5, 5.41) is 0. The topological polar surface area (TPSA) is 63.4 Å². The van der Waals surface area contributed by atoms with Crippen LogP contribution in [-0.4, -0.2) is 31.9 Å². The van der Waals surface area contributed by atoms with Crippen molar-refractivity contribution >= 4 is 10.0 Å². The fourth-order valence-electron chi connectivity index (χ4n) is 3.03. The van der Waals surface area contributed by atoms with E-state index >= 15 is 0 Å². The average Bonchev–Trinajstić information content (AvgIpc) is 2.87. The number of hydrogen-bond acceptors (Lipinski definition) is 3. The van der Waals surface area contributed by atoms with E-state index in [0.717, 1.165) is 19.3 Å². The maximum absolute atomic E-state index is 13.8. The zero-order valence-electron chi connectivity index (χ0n) is 11.6. The number of nitrogens with zero attached hydrogens (tertiary/aromatic N) is 1. The Kier molecular flexibility index (Phi) is 4.78. The third-order valence-electron chi connectivity index (χ3n) is 4.03. The van der Waals surface area contributed by atoms with Crippen molar-refractivity contribution in [3.8, 4) is 0 Å². The summed E-state index contributed by atoms with van der Waals surface area (Å²) in [4.78, 5) is -0.246. The predicted octanol–water partition coefficient (Wildman–Crippen LogP) is 1.96. The Balaban J connectivity index is 2.38. The molecule has 2 rings (SSSR count). The Labute approximate surface area is 119 Å². The van der Waals surface area contributed by atoms with Crippen molar-refractivity contribution in [1.29, 1.82) is 0 Å². The second-order valence-corrected chi connectivity index (χ2v) is 6.99. The van der Waals surface area contributed by atoms with Gasteiger partial charge in [0.05, 0.1) is 0 Å². The molecular formula is C14H21FN2O2S. The number of benzene rings is 1. The van der Waals surface area contributed by atoms with Crippen molar-refractivity contribution in [1.82, 2.24) is 4.31 Å². The quantitative estimate of drug-likeness (QED) is 0.904. The highest BCUT2D eigenvalue weighted by Gasteiger charge is 2.38. The summed E-state index contributed by atoms with van der Waals surface area (Å²) in [6, 6.07) is 5.41. The highest BCUT2D eigenvalue weighted by atomic mass is 32.2. The summed E-state index contributed by atoms with van der Waals surface area (Å²) in [6.45, 7) is 2.58. The maximum Gasteiger partial charge on any atom is 0.246 e. The fourth-order valence-corrected chi connectivity index (χ4v) is 4.83. The Morgan fingerprint density at radius 2 is 2.05 bits per heavy atom. The Morgan fingerprint density at radius 3 is 2.65 bits per heavy atom. The van der Waals surface area contributed by atoms with Gasteiger partial charge in [-0.05, 0) is 37.4 Å². The van der Waals surface area contributed by atoms with Crippen molar-refractivity contribution in [2.24, 2.45) is 11.7 Å². The summed E-state index contributed by atoms with van der Waals surface area (Å²) < 4.78 is 40.6. The summed E-state index contributed by atoms with van der Waals surface area (Å²) in [5.74, 6) is -0.537. The number of nitrogens with two attached hydrogens (primary N) is 1. The van der Waals surface area contributed by atoms with Gasteiger partial charge in [0.1, 0.15) is 10.7 Å². The summed E-state index contributed by atoms with van der Waals surface area (Å²) in [6.07, 6.45) is 2.70. The zero-order chi connectivity index (χ0) is 14.8. The van der Waals surface area contributed by atoms with Crippen LogP contribution in [0.2, 0.25) is 0 Å². The zero-order valence-corrected chi connectivity index (χ0v) is 12.4. The largest absolute Gasteiger partial charge is 0.330 e. The maximum atomic E-state index is 13.8. The predicted molar refractivity (Wildman–Crippen MR) is 76.1 cm³/mol. The number of rotatable bonds is 5. The van der Waals surface area contributed by atoms with E-state index in [-0.39, 0.29) is 16.9 Å². The van der Waals surface area contributed by atoms with Crippen LogP contribution in [0.15, 0.2) is 29.2 Å². The Hall–Kier alpha value is -0.980. The number of halogens is 1. The summed E-state index contributed by atoms with van der Waals surface area (Å²) >= 11 is 0. The first-order valence-corrected chi connectivity index (χ1v) is 8.42. The van der Waals surface area contributed by atoms with Crippen LogP contribution in [0, 0.1) is 11.7 Å². The lowest BCUT2D eigenvalue weighted by molar-refractivity contribution is 0.275.